The number of aromatic nitrogens is 5. The molecule has 3 aromatic heterocycles. The Morgan fingerprint density at radius 2 is 2.12 bits per heavy atom. The van der Waals surface area contributed by atoms with Crippen LogP contribution in [-0.4, -0.2) is 36.4 Å². The van der Waals surface area contributed by atoms with Crippen LogP contribution in [0.4, 0.5) is 5.82 Å². The molecule has 4 N–H and O–H groups in total. The summed E-state index contributed by atoms with van der Waals surface area (Å²) in [4.78, 5) is 12.3. The molecule has 0 fully saturated rings. The van der Waals surface area contributed by atoms with Gasteiger partial charge in [0.25, 0.3) is 0 Å². The number of fused-ring (bicyclic) bond motifs is 1. The highest BCUT2D eigenvalue weighted by molar-refractivity contribution is 5.85. The molecule has 0 aliphatic heterocycles. The van der Waals surface area contributed by atoms with Crippen LogP contribution in [0.15, 0.2) is 42.9 Å². The van der Waals surface area contributed by atoms with Crippen molar-refractivity contribution in [1.29, 1.82) is 0 Å². The maximum absolute atomic E-state index is 9.24. The third-order valence-electron chi connectivity index (χ3n) is 4.20. The van der Waals surface area contributed by atoms with E-state index in [4.69, 9.17) is 5.73 Å². The van der Waals surface area contributed by atoms with Crippen LogP contribution in [0.3, 0.4) is 0 Å². The summed E-state index contributed by atoms with van der Waals surface area (Å²) in [5.41, 5.74) is 11.5. The second-order valence-corrected chi connectivity index (χ2v) is 5.93. The second-order valence-electron chi connectivity index (χ2n) is 5.93. The fourth-order valence-electron chi connectivity index (χ4n) is 2.94. The van der Waals surface area contributed by atoms with E-state index in [1.807, 2.05) is 37.5 Å². The van der Waals surface area contributed by atoms with E-state index < -0.39 is 0 Å². The predicted octanol–water partition coefficient (Wildman–Crippen LogP) is 2.14. The molecule has 0 saturated carbocycles. The van der Waals surface area contributed by atoms with Crippen LogP contribution in [0, 0.1) is 0 Å². The fraction of sp³-hybridized carbons (Fsp3) is 0.167. The van der Waals surface area contributed by atoms with Gasteiger partial charge in [0.05, 0.1) is 22.8 Å². The van der Waals surface area contributed by atoms with E-state index in [1.165, 1.54) is 0 Å². The van der Waals surface area contributed by atoms with E-state index in [9.17, 15) is 5.11 Å². The number of pyridine rings is 1. The lowest BCUT2D eigenvalue weighted by atomic mass is 10.1. The molecule has 0 bridgehead atoms. The zero-order valence-electron chi connectivity index (χ0n) is 13.8. The number of nitrogen functional groups attached to an aromatic ring is 1. The van der Waals surface area contributed by atoms with Gasteiger partial charge < -0.3 is 15.8 Å². The van der Waals surface area contributed by atoms with Gasteiger partial charge in [0.1, 0.15) is 11.6 Å². The molecule has 4 aromatic rings. The number of aliphatic hydroxyl groups is 1. The summed E-state index contributed by atoms with van der Waals surface area (Å²) in [6, 6.07) is 7.81. The van der Waals surface area contributed by atoms with Crippen LogP contribution in [-0.2, 0) is 13.5 Å². The van der Waals surface area contributed by atoms with Crippen molar-refractivity contribution in [2.75, 3.05) is 12.3 Å². The third kappa shape index (κ3) is 2.74. The number of para-hydroxylation sites is 1. The van der Waals surface area contributed by atoms with Gasteiger partial charge in [-0.1, -0.05) is 12.1 Å². The van der Waals surface area contributed by atoms with E-state index in [0.717, 1.165) is 33.3 Å². The predicted molar refractivity (Wildman–Crippen MR) is 96.7 cm³/mol. The number of nitrogens with two attached hydrogens (primary N) is 1. The van der Waals surface area contributed by atoms with E-state index >= 15 is 0 Å². The lowest BCUT2D eigenvalue weighted by molar-refractivity contribution is 0.300. The second kappa shape index (κ2) is 6.03. The van der Waals surface area contributed by atoms with Gasteiger partial charge in [-0.15, -0.1) is 0 Å². The molecule has 126 valence electrons. The number of hydrogen-bond donors (Lipinski definition) is 3. The van der Waals surface area contributed by atoms with Gasteiger partial charge in [0, 0.05) is 37.2 Å². The SMILES string of the molecule is Cn1cc(-c2cnc(N)c(-c3nc4cccc(CCO)c4[nH]3)c2)cn1. The first-order valence-corrected chi connectivity index (χ1v) is 7.99. The minimum atomic E-state index is 0.0909. The molecule has 0 amide bonds. The molecule has 7 heteroatoms. The highest BCUT2D eigenvalue weighted by Gasteiger charge is 2.13. The van der Waals surface area contributed by atoms with Crippen molar-refractivity contribution in [1.82, 2.24) is 24.7 Å². The first kappa shape index (κ1) is 15.3. The zero-order chi connectivity index (χ0) is 17.4. The average Bonchev–Trinajstić information content (AvgIpc) is 3.22. The average molecular weight is 334 g/mol. The van der Waals surface area contributed by atoms with E-state index in [2.05, 4.69) is 20.1 Å². The van der Waals surface area contributed by atoms with Crippen LogP contribution >= 0.6 is 0 Å². The number of nitrogens with one attached hydrogen (secondary N) is 1. The van der Waals surface area contributed by atoms with Crippen LogP contribution < -0.4 is 5.73 Å². The quantitative estimate of drug-likeness (QED) is 0.530. The van der Waals surface area contributed by atoms with Gasteiger partial charge >= 0.3 is 0 Å². The Hall–Kier alpha value is -3.19. The van der Waals surface area contributed by atoms with Crippen molar-refractivity contribution in [3.05, 3.63) is 48.4 Å². The smallest absolute Gasteiger partial charge is 0.142 e. The lowest BCUT2D eigenvalue weighted by Crippen LogP contribution is -1.96. The summed E-state index contributed by atoms with van der Waals surface area (Å²) in [6.45, 7) is 0.0909. The fourth-order valence-corrected chi connectivity index (χ4v) is 2.94. The van der Waals surface area contributed by atoms with E-state index in [1.54, 1.807) is 17.1 Å². The number of hydrogen-bond acceptors (Lipinski definition) is 5. The summed E-state index contributed by atoms with van der Waals surface area (Å²) in [6.07, 6.45) is 6.02. The van der Waals surface area contributed by atoms with Crippen molar-refractivity contribution >= 4 is 16.9 Å². The number of aliphatic hydroxyl groups excluding tert-OH is 1. The first-order valence-electron chi connectivity index (χ1n) is 7.99. The molecule has 25 heavy (non-hydrogen) atoms. The number of aryl methyl sites for hydroxylation is 1. The van der Waals surface area contributed by atoms with Crippen LogP contribution in [0.25, 0.3) is 33.5 Å². The Morgan fingerprint density at radius 3 is 2.88 bits per heavy atom. The number of imidazole rings is 1. The third-order valence-corrected chi connectivity index (χ3v) is 4.20. The molecule has 0 spiro atoms. The standard InChI is InChI=1S/C18H18N6O/c1-24-10-13(9-21-24)12-7-14(17(19)20-8-12)18-22-15-4-2-3-11(5-6-25)16(15)23-18/h2-4,7-10,25H,5-6H2,1H3,(H2,19,20)(H,22,23). The summed E-state index contributed by atoms with van der Waals surface area (Å²) in [7, 11) is 1.87. The monoisotopic (exact) mass is 334 g/mol. The van der Waals surface area contributed by atoms with Crippen molar-refractivity contribution in [3.63, 3.8) is 0 Å². The van der Waals surface area contributed by atoms with Gasteiger partial charge in [0.2, 0.25) is 0 Å². The van der Waals surface area contributed by atoms with Crippen LogP contribution in [0.1, 0.15) is 5.56 Å². The molecule has 0 aliphatic rings. The largest absolute Gasteiger partial charge is 0.396 e. The molecule has 4 rings (SSSR count). The number of rotatable bonds is 4. The maximum Gasteiger partial charge on any atom is 0.142 e. The summed E-state index contributed by atoms with van der Waals surface area (Å²) >= 11 is 0. The van der Waals surface area contributed by atoms with E-state index in [-0.39, 0.29) is 6.61 Å². The molecule has 1 aromatic carbocycles. The van der Waals surface area contributed by atoms with Crippen molar-refractivity contribution in [2.24, 2.45) is 7.05 Å². The number of H-pyrrole nitrogens is 1. The molecule has 0 radical (unpaired) electrons. The molecule has 0 saturated heterocycles. The lowest BCUT2D eigenvalue weighted by Gasteiger charge is -2.04. The maximum atomic E-state index is 9.24. The normalized spacial score (nSPS) is 11.3. The van der Waals surface area contributed by atoms with Crippen molar-refractivity contribution in [2.45, 2.75) is 6.42 Å². The Kier molecular flexibility index (Phi) is 3.70. The number of aromatic amines is 1. The summed E-state index contributed by atoms with van der Waals surface area (Å²) in [5.74, 6) is 1.08. The van der Waals surface area contributed by atoms with Gasteiger partial charge in [-0.05, 0) is 24.1 Å². The topological polar surface area (TPSA) is 106 Å². The van der Waals surface area contributed by atoms with Gasteiger partial charge in [-0.25, -0.2) is 9.97 Å². The number of benzene rings is 1. The minimum absolute atomic E-state index is 0.0909. The summed E-state index contributed by atoms with van der Waals surface area (Å²) in [5, 5.41) is 13.4. The summed E-state index contributed by atoms with van der Waals surface area (Å²) < 4.78 is 1.74. The Labute approximate surface area is 144 Å². The van der Waals surface area contributed by atoms with Gasteiger partial charge in [-0.3, -0.25) is 4.68 Å². The Bertz CT molecular complexity index is 1050. The molecular weight excluding hydrogens is 316 g/mol. The van der Waals surface area contributed by atoms with Crippen molar-refractivity contribution < 1.29 is 5.11 Å². The van der Waals surface area contributed by atoms with Gasteiger partial charge in [0.15, 0.2) is 0 Å². The van der Waals surface area contributed by atoms with Gasteiger partial charge in [-0.2, -0.15) is 5.10 Å². The highest BCUT2D eigenvalue weighted by Crippen LogP contribution is 2.30. The molecule has 0 unspecified atom stereocenters. The number of anilines is 1. The first-order chi connectivity index (χ1) is 12.2. The molecule has 7 nitrogen and oxygen atoms in total. The highest BCUT2D eigenvalue weighted by atomic mass is 16.2. The molecule has 0 atom stereocenters. The Morgan fingerprint density at radius 1 is 1.24 bits per heavy atom. The molecule has 3 heterocycles. The van der Waals surface area contributed by atoms with Crippen LogP contribution in [0.2, 0.25) is 0 Å². The van der Waals surface area contributed by atoms with E-state index in [0.29, 0.717) is 18.1 Å². The number of nitrogens with zero attached hydrogens (tertiary/aromatic N) is 4. The van der Waals surface area contributed by atoms with Crippen molar-refractivity contribution in [3.8, 4) is 22.5 Å². The zero-order valence-corrected chi connectivity index (χ0v) is 13.8. The molecular formula is C18H18N6O. The molecule has 0 aliphatic carbocycles. The minimum Gasteiger partial charge on any atom is -0.396 e. The van der Waals surface area contributed by atoms with Crippen LogP contribution in [0.5, 0.6) is 0 Å². The Balaban J connectivity index is 1.84.